The lowest BCUT2D eigenvalue weighted by Gasteiger charge is -2.18. The van der Waals surface area contributed by atoms with E-state index >= 15 is 8.78 Å². The molecule has 2 aromatic carbocycles. The molecule has 0 spiro atoms. The first-order valence-electron chi connectivity index (χ1n) is 11.4. The Morgan fingerprint density at radius 1 is 0.947 bits per heavy atom. The van der Waals surface area contributed by atoms with Crippen LogP contribution in [0.1, 0.15) is 17.3 Å². The third kappa shape index (κ3) is 5.73. The maximum atomic E-state index is 15.0. The van der Waals surface area contributed by atoms with Gasteiger partial charge in [0.2, 0.25) is 0 Å². The van der Waals surface area contributed by atoms with Gasteiger partial charge < -0.3 is 29.0 Å². The van der Waals surface area contributed by atoms with Gasteiger partial charge in [-0.05, 0) is 25.1 Å². The standard InChI is InChI=1S/C27H25F2N3O6/c1-15(14-34-2)37-25-11-17-21(12-24(25)36-4)31-8-6-23(17)38-26-19(28)9-16(10-20(26)29)32-27(33)18-13-30-7-5-22(18)35-3/h5-13,15H,14H2,1-4H3,(H,32,33)/t15-/m0/s1. The van der Waals surface area contributed by atoms with Gasteiger partial charge in [0.05, 0.1) is 31.9 Å². The van der Waals surface area contributed by atoms with Crippen molar-refractivity contribution in [2.45, 2.75) is 13.0 Å². The number of nitrogens with one attached hydrogen (secondary N) is 1. The van der Waals surface area contributed by atoms with Crippen LogP contribution in [-0.2, 0) is 4.74 Å². The van der Waals surface area contributed by atoms with Crippen molar-refractivity contribution in [3.8, 4) is 28.7 Å². The van der Waals surface area contributed by atoms with Gasteiger partial charge in [-0.3, -0.25) is 14.8 Å². The minimum Gasteiger partial charge on any atom is -0.496 e. The van der Waals surface area contributed by atoms with E-state index in [0.29, 0.717) is 29.0 Å². The first-order chi connectivity index (χ1) is 18.3. The largest absolute Gasteiger partial charge is 0.496 e. The van der Waals surface area contributed by atoms with Crippen molar-refractivity contribution < 1.29 is 37.3 Å². The Kier molecular flexibility index (Phi) is 8.17. The molecule has 1 N–H and O–H groups in total. The lowest BCUT2D eigenvalue weighted by atomic mass is 10.1. The van der Waals surface area contributed by atoms with Crippen LogP contribution in [-0.4, -0.2) is 49.9 Å². The van der Waals surface area contributed by atoms with E-state index in [4.69, 9.17) is 23.7 Å². The fraction of sp³-hybridized carbons (Fsp3) is 0.222. The molecular weight excluding hydrogens is 500 g/mol. The highest BCUT2D eigenvalue weighted by atomic mass is 19.1. The summed E-state index contributed by atoms with van der Waals surface area (Å²) in [5.41, 5.74) is 0.448. The van der Waals surface area contributed by atoms with Gasteiger partial charge in [0.15, 0.2) is 28.9 Å². The monoisotopic (exact) mass is 525 g/mol. The molecule has 1 atom stereocenters. The van der Waals surface area contributed by atoms with E-state index < -0.39 is 23.3 Å². The van der Waals surface area contributed by atoms with Crippen LogP contribution >= 0.6 is 0 Å². The Labute approximate surface area is 217 Å². The molecule has 0 saturated carbocycles. The van der Waals surface area contributed by atoms with E-state index in [1.165, 1.54) is 44.9 Å². The first-order valence-corrected chi connectivity index (χ1v) is 11.4. The van der Waals surface area contributed by atoms with E-state index in [-0.39, 0.29) is 28.9 Å². The number of anilines is 1. The van der Waals surface area contributed by atoms with Crippen molar-refractivity contribution >= 4 is 22.5 Å². The second kappa shape index (κ2) is 11.7. The summed E-state index contributed by atoms with van der Waals surface area (Å²) >= 11 is 0. The second-order valence-electron chi connectivity index (χ2n) is 8.11. The van der Waals surface area contributed by atoms with Crippen molar-refractivity contribution in [3.05, 3.63) is 72.2 Å². The van der Waals surface area contributed by atoms with Gasteiger partial charge in [-0.1, -0.05) is 0 Å². The number of halogens is 2. The predicted molar refractivity (Wildman–Crippen MR) is 135 cm³/mol. The number of methoxy groups -OCH3 is 3. The molecule has 11 heteroatoms. The molecule has 0 fully saturated rings. The van der Waals surface area contributed by atoms with Crippen LogP contribution in [0.5, 0.6) is 28.7 Å². The number of ether oxygens (including phenoxy) is 5. The van der Waals surface area contributed by atoms with E-state index in [2.05, 4.69) is 15.3 Å². The zero-order chi connectivity index (χ0) is 27.2. The van der Waals surface area contributed by atoms with Gasteiger partial charge >= 0.3 is 0 Å². The molecule has 0 unspecified atom stereocenters. The smallest absolute Gasteiger partial charge is 0.261 e. The summed E-state index contributed by atoms with van der Waals surface area (Å²) in [4.78, 5) is 20.8. The molecule has 0 saturated heterocycles. The fourth-order valence-electron chi connectivity index (χ4n) is 3.72. The lowest BCUT2D eigenvalue weighted by molar-refractivity contribution is 0.0901. The van der Waals surface area contributed by atoms with Crippen LogP contribution in [0.15, 0.2) is 55.0 Å². The van der Waals surface area contributed by atoms with Crippen molar-refractivity contribution in [2.75, 3.05) is 33.3 Å². The summed E-state index contributed by atoms with van der Waals surface area (Å²) < 4.78 is 57.3. The first kappa shape index (κ1) is 26.6. The third-order valence-corrected chi connectivity index (χ3v) is 5.43. The molecule has 2 aromatic heterocycles. The number of carbonyl (C=O) groups is 1. The molecule has 0 bridgehead atoms. The van der Waals surface area contributed by atoms with Gasteiger partial charge in [0.1, 0.15) is 17.6 Å². The normalized spacial score (nSPS) is 11.6. The molecule has 0 aliphatic rings. The SMILES string of the molecule is COC[C@H](C)Oc1cc2c(Oc3c(F)cc(NC(=O)c4cnccc4OC)cc3F)ccnc2cc1OC. The van der Waals surface area contributed by atoms with Crippen LogP contribution in [0.2, 0.25) is 0 Å². The number of pyridine rings is 2. The van der Waals surface area contributed by atoms with E-state index in [0.717, 1.165) is 12.1 Å². The number of rotatable bonds is 10. The predicted octanol–water partition coefficient (Wildman–Crippen LogP) is 5.38. The van der Waals surface area contributed by atoms with Gasteiger partial charge in [-0.15, -0.1) is 0 Å². The summed E-state index contributed by atoms with van der Waals surface area (Å²) in [6.07, 6.45) is 3.89. The fourth-order valence-corrected chi connectivity index (χ4v) is 3.72. The average molecular weight is 526 g/mol. The summed E-state index contributed by atoms with van der Waals surface area (Å²) in [5, 5.41) is 2.88. The van der Waals surface area contributed by atoms with Crippen molar-refractivity contribution in [3.63, 3.8) is 0 Å². The van der Waals surface area contributed by atoms with Gasteiger partial charge in [-0.25, -0.2) is 8.78 Å². The molecule has 0 aliphatic carbocycles. The van der Waals surface area contributed by atoms with Crippen LogP contribution in [0.25, 0.3) is 10.9 Å². The Morgan fingerprint density at radius 3 is 2.34 bits per heavy atom. The number of nitrogens with zero attached hydrogens (tertiary/aromatic N) is 2. The van der Waals surface area contributed by atoms with Crippen LogP contribution in [0, 0.1) is 11.6 Å². The van der Waals surface area contributed by atoms with E-state index in [9.17, 15) is 4.79 Å². The maximum Gasteiger partial charge on any atom is 0.261 e. The Balaban J connectivity index is 1.63. The number of amides is 1. The van der Waals surface area contributed by atoms with Gasteiger partial charge in [-0.2, -0.15) is 0 Å². The molecule has 4 aromatic rings. The highest BCUT2D eigenvalue weighted by Gasteiger charge is 2.20. The van der Waals surface area contributed by atoms with Crippen molar-refractivity contribution in [1.29, 1.82) is 0 Å². The molecule has 1 amide bonds. The third-order valence-electron chi connectivity index (χ3n) is 5.43. The number of benzene rings is 2. The summed E-state index contributed by atoms with van der Waals surface area (Å²) in [6, 6.07) is 8.12. The van der Waals surface area contributed by atoms with Crippen LogP contribution in [0.3, 0.4) is 0 Å². The number of hydrogen-bond donors (Lipinski definition) is 1. The zero-order valence-electron chi connectivity index (χ0n) is 21.1. The molecule has 198 valence electrons. The minimum absolute atomic E-state index is 0.104. The highest BCUT2D eigenvalue weighted by molar-refractivity contribution is 6.06. The number of aromatic nitrogens is 2. The minimum atomic E-state index is -1.03. The summed E-state index contributed by atoms with van der Waals surface area (Å²) in [6.45, 7) is 2.16. The Bertz CT molecular complexity index is 1440. The Morgan fingerprint density at radius 2 is 1.66 bits per heavy atom. The van der Waals surface area contributed by atoms with Crippen LogP contribution in [0.4, 0.5) is 14.5 Å². The van der Waals surface area contributed by atoms with E-state index in [1.54, 1.807) is 19.2 Å². The number of fused-ring (bicyclic) bond motifs is 1. The second-order valence-corrected chi connectivity index (χ2v) is 8.11. The molecule has 4 rings (SSSR count). The van der Waals surface area contributed by atoms with Gasteiger partial charge in [0.25, 0.3) is 5.91 Å². The van der Waals surface area contributed by atoms with Crippen LogP contribution < -0.4 is 24.3 Å². The average Bonchev–Trinajstić information content (AvgIpc) is 2.90. The molecule has 0 aliphatic heterocycles. The topological polar surface area (TPSA) is 101 Å². The molecule has 38 heavy (non-hydrogen) atoms. The maximum absolute atomic E-state index is 15.0. The number of carbonyl (C=O) groups excluding carboxylic acids is 1. The summed E-state index contributed by atoms with van der Waals surface area (Å²) in [7, 11) is 4.44. The Hall–Kier alpha value is -4.51. The highest BCUT2D eigenvalue weighted by Crippen LogP contribution is 2.39. The lowest BCUT2D eigenvalue weighted by Crippen LogP contribution is -2.18. The molecular formula is C27H25F2N3O6. The quantitative estimate of drug-likeness (QED) is 0.294. The van der Waals surface area contributed by atoms with Crippen molar-refractivity contribution in [2.24, 2.45) is 0 Å². The molecule has 9 nitrogen and oxygen atoms in total. The summed E-state index contributed by atoms with van der Waals surface area (Å²) in [5.74, 6) is -2.15. The number of hydrogen-bond acceptors (Lipinski definition) is 8. The molecule has 0 radical (unpaired) electrons. The van der Waals surface area contributed by atoms with E-state index in [1.807, 2.05) is 6.92 Å². The zero-order valence-corrected chi connectivity index (χ0v) is 21.1. The van der Waals surface area contributed by atoms with Gasteiger partial charge in [0, 0.05) is 55.0 Å². The molecule has 2 heterocycles. The van der Waals surface area contributed by atoms with Crippen molar-refractivity contribution in [1.82, 2.24) is 9.97 Å².